The van der Waals surface area contributed by atoms with E-state index in [0.29, 0.717) is 30.0 Å². The number of ketones is 1. The van der Waals surface area contributed by atoms with Crippen LogP contribution in [-0.2, 0) is 24.6 Å². The SMILES string of the molecule is CN1C(=O)[C@@]23C=CC(=O)C(=O)N2C[C@@]12C[C@@]1(C(=O)Nc4c1ccc1c4OC=CC(C)(C)O1)C(C)(C)[C@@H]2C3. The molecule has 1 aromatic carbocycles. The molecule has 6 aliphatic heterocycles. The van der Waals surface area contributed by atoms with Crippen LogP contribution in [0.4, 0.5) is 5.69 Å². The third-order valence-electron chi connectivity index (χ3n) is 10.2. The van der Waals surface area contributed by atoms with Crippen molar-refractivity contribution in [2.24, 2.45) is 11.3 Å². The molecule has 9 nitrogen and oxygen atoms in total. The van der Waals surface area contributed by atoms with Gasteiger partial charge in [0.2, 0.25) is 11.7 Å². The zero-order valence-electron chi connectivity index (χ0n) is 21.5. The second kappa shape index (κ2) is 6.26. The molecule has 8 rings (SSSR count). The molecule has 0 unspecified atom stereocenters. The van der Waals surface area contributed by atoms with Gasteiger partial charge in [0.25, 0.3) is 11.8 Å². The van der Waals surface area contributed by atoms with Crippen molar-refractivity contribution in [3.8, 4) is 11.5 Å². The molecule has 1 aromatic rings. The number of nitrogens with one attached hydrogen (secondary N) is 1. The summed E-state index contributed by atoms with van der Waals surface area (Å²) in [4.78, 5) is 56.4. The van der Waals surface area contributed by atoms with Gasteiger partial charge in [-0.2, -0.15) is 0 Å². The van der Waals surface area contributed by atoms with Gasteiger partial charge in [0.1, 0.15) is 11.1 Å². The number of carbonyl (C=O) groups is 4. The molecule has 0 aromatic heterocycles. The van der Waals surface area contributed by atoms with E-state index in [1.165, 1.54) is 11.0 Å². The maximum Gasteiger partial charge on any atom is 0.295 e. The lowest BCUT2D eigenvalue weighted by atomic mass is 9.57. The molecule has 9 heteroatoms. The van der Waals surface area contributed by atoms with Crippen LogP contribution in [0.1, 0.15) is 46.1 Å². The zero-order chi connectivity index (χ0) is 26.3. The average molecular weight is 504 g/mol. The van der Waals surface area contributed by atoms with Gasteiger partial charge in [0.05, 0.1) is 22.9 Å². The van der Waals surface area contributed by atoms with E-state index in [2.05, 4.69) is 19.2 Å². The Balaban J connectivity index is 1.42. The first kappa shape index (κ1) is 22.6. The van der Waals surface area contributed by atoms with E-state index in [0.717, 1.165) is 5.56 Å². The second-order valence-electron chi connectivity index (χ2n) is 12.4. The van der Waals surface area contributed by atoms with E-state index in [4.69, 9.17) is 9.47 Å². The number of nitrogens with zero attached hydrogens (tertiary/aromatic N) is 2. The predicted molar refractivity (Wildman–Crippen MR) is 132 cm³/mol. The minimum absolute atomic E-state index is 0.101. The molecular formula is C28H29N3O6. The van der Waals surface area contributed by atoms with Crippen LogP contribution in [0.3, 0.4) is 0 Å². The number of piperidine rings is 2. The highest BCUT2D eigenvalue weighted by atomic mass is 16.5. The van der Waals surface area contributed by atoms with E-state index >= 15 is 0 Å². The van der Waals surface area contributed by atoms with Crippen molar-refractivity contribution in [2.45, 2.75) is 62.6 Å². The number of ether oxygens (including phenoxy) is 2. The van der Waals surface area contributed by atoms with Crippen molar-refractivity contribution < 1.29 is 28.7 Å². The van der Waals surface area contributed by atoms with Gasteiger partial charge in [-0.1, -0.05) is 19.9 Å². The molecule has 3 saturated heterocycles. The third kappa shape index (κ3) is 2.28. The summed E-state index contributed by atoms with van der Waals surface area (Å²) in [5.74, 6) is -0.730. The monoisotopic (exact) mass is 503 g/mol. The maximum atomic E-state index is 14.1. The molecule has 37 heavy (non-hydrogen) atoms. The van der Waals surface area contributed by atoms with E-state index in [-0.39, 0.29) is 24.3 Å². The summed E-state index contributed by atoms with van der Waals surface area (Å²) in [5, 5.41) is 3.11. The Morgan fingerprint density at radius 2 is 1.81 bits per heavy atom. The van der Waals surface area contributed by atoms with E-state index in [1.807, 2.05) is 32.1 Å². The van der Waals surface area contributed by atoms with Crippen LogP contribution in [0.5, 0.6) is 11.5 Å². The molecular weight excluding hydrogens is 474 g/mol. The summed E-state index contributed by atoms with van der Waals surface area (Å²) in [6, 6.07) is 3.78. The topological polar surface area (TPSA) is 105 Å². The Kier molecular flexibility index (Phi) is 3.82. The van der Waals surface area contributed by atoms with Gasteiger partial charge in [0.15, 0.2) is 11.5 Å². The van der Waals surface area contributed by atoms with Crippen LogP contribution in [0.25, 0.3) is 0 Å². The first-order valence-corrected chi connectivity index (χ1v) is 12.7. The van der Waals surface area contributed by atoms with Crippen molar-refractivity contribution in [3.63, 3.8) is 0 Å². The van der Waals surface area contributed by atoms with E-state index < -0.39 is 39.2 Å². The quantitative estimate of drug-likeness (QED) is 0.545. The Hall–Kier alpha value is -3.62. The average Bonchev–Trinajstić information content (AvgIpc) is 3.15. The first-order valence-electron chi connectivity index (χ1n) is 12.7. The van der Waals surface area contributed by atoms with Crippen LogP contribution < -0.4 is 14.8 Å². The second-order valence-corrected chi connectivity index (χ2v) is 12.4. The fourth-order valence-corrected chi connectivity index (χ4v) is 8.26. The maximum absolute atomic E-state index is 14.1. The lowest BCUT2D eigenvalue weighted by Gasteiger charge is -2.65. The van der Waals surface area contributed by atoms with Gasteiger partial charge in [-0.15, -0.1) is 0 Å². The number of amides is 3. The third-order valence-corrected chi connectivity index (χ3v) is 10.2. The highest BCUT2D eigenvalue weighted by Gasteiger charge is 2.79. The summed E-state index contributed by atoms with van der Waals surface area (Å²) in [6.45, 7) is 8.25. The van der Waals surface area contributed by atoms with Gasteiger partial charge in [-0.05, 0) is 67.9 Å². The molecule has 4 atom stereocenters. The lowest BCUT2D eigenvalue weighted by Crippen LogP contribution is -2.81. The molecule has 3 amide bonds. The largest absolute Gasteiger partial charge is 0.480 e. The fourth-order valence-electron chi connectivity index (χ4n) is 8.26. The first-order chi connectivity index (χ1) is 17.3. The Bertz CT molecular complexity index is 1420. The molecule has 0 radical (unpaired) electrons. The number of hydrogen-bond acceptors (Lipinski definition) is 6. The van der Waals surface area contributed by atoms with Crippen LogP contribution in [-0.4, -0.2) is 63.6 Å². The molecule has 6 heterocycles. The number of anilines is 1. The van der Waals surface area contributed by atoms with Crippen LogP contribution in [0.15, 0.2) is 36.6 Å². The minimum Gasteiger partial charge on any atom is -0.480 e. The summed E-state index contributed by atoms with van der Waals surface area (Å²) in [5.41, 5.74) is -2.77. The van der Waals surface area contributed by atoms with Crippen molar-refractivity contribution >= 4 is 29.2 Å². The van der Waals surface area contributed by atoms with Crippen LogP contribution in [0.2, 0.25) is 0 Å². The number of benzene rings is 1. The number of piperazine rings is 1. The summed E-state index contributed by atoms with van der Waals surface area (Å²) in [6.07, 6.45) is 6.94. The molecule has 4 fully saturated rings. The summed E-state index contributed by atoms with van der Waals surface area (Å²) < 4.78 is 12.1. The molecule has 1 saturated carbocycles. The normalized spacial score (nSPS) is 37.5. The minimum atomic E-state index is -1.20. The van der Waals surface area contributed by atoms with Gasteiger partial charge in [-0.25, -0.2) is 0 Å². The van der Waals surface area contributed by atoms with Crippen molar-refractivity contribution in [3.05, 3.63) is 42.2 Å². The molecule has 7 aliphatic rings. The highest BCUT2D eigenvalue weighted by molar-refractivity contribution is 6.42. The summed E-state index contributed by atoms with van der Waals surface area (Å²) >= 11 is 0. The lowest BCUT2D eigenvalue weighted by molar-refractivity contribution is -0.189. The molecule has 192 valence electrons. The van der Waals surface area contributed by atoms with Crippen molar-refractivity contribution in [1.29, 1.82) is 0 Å². The number of rotatable bonds is 0. The highest BCUT2D eigenvalue weighted by Crippen LogP contribution is 2.71. The van der Waals surface area contributed by atoms with Crippen LogP contribution >= 0.6 is 0 Å². The Morgan fingerprint density at radius 1 is 1.05 bits per heavy atom. The number of fused-ring (bicyclic) bond motifs is 5. The van der Waals surface area contributed by atoms with Crippen molar-refractivity contribution in [2.75, 3.05) is 18.9 Å². The smallest absolute Gasteiger partial charge is 0.295 e. The molecule has 1 aliphatic carbocycles. The van der Waals surface area contributed by atoms with Gasteiger partial charge in [0, 0.05) is 13.6 Å². The number of hydrogen-bond donors (Lipinski definition) is 1. The van der Waals surface area contributed by atoms with E-state index in [9.17, 15) is 19.2 Å². The van der Waals surface area contributed by atoms with E-state index in [1.54, 1.807) is 24.3 Å². The van der Waals surface area contributed by atoms with Gasteiger partial charge < -0.3 is 24.6 Å². The fraction of sp³-hybridized carbons (Fsp3) is 0.500. The summed E-state index contributed by atoms with van der Waals surface area (Å²) in [7, 11) is 1.77. The van der Waals surface area contributed by atoms with Gasteiger partial charge in [-0.3, -0.25) is 19.2 Å². The molecule has 1 N–H and O–H groups in total. The Morgan fingerprint density at radius 3 is 2.57 bits per heavy atom. The zero-order valence-corrected chi connectivity index (χ0v) is 21.5. The Labute approximate surface area is 214 Å². The predicted octanol–water partition coefficient (Wildman–Crippen LogP) is 2.31. The molecule has 2 bridgehead atoms. The standard InChI is InChI=1S/C28H29N3O6/c1-24(2)10-11-36-20-17(37-24)7-6-15-19(20)29-22(34)28(15)13-27-14-31-21(33)16(32)8-9-26(31,23(35)30(27)5)12-18(27)25(28,3)4/h6-11,18H,12-14H2,1-5H3,(H,29,34)/t18-,26-,27+,28+/m0/s1. The number of likely N-dealkylation sites (N-methyl/N-ethyl adjacent to an activating group) is 1. The van der Waals surface area contributed by atoms with Crippen molar-refractivity contribution in [1.82, 2.24) is 9.80 Å². The van der Waals surface area contributed by atoms with Crippen LogP contribution in [0, 0.1) is 11.3 Å². The number of carbonyl (C=O) groups excluding carboxylic acids is 4. The molecule has 3 spiro atoms. The van der Waals surface area contributed by atoms with Gasteiger partial charge >= 0.3 is 0 Å².